The minimum atomic E-state index is 0. The van der Waals surface area contributed by atoms with Crippen LogP contribution in [0.2, 0.25) is 0 Å². The van der Waals surface area contributed by atoms with Gasteiger partial charge in [0.15, 0.2) is 0 Å². The Hall–Kier alpha value is -0.420. The van der Waals surface area contributed by atoms with Crippen LogP contribution in [-0.2, 0) is 9.47 Å². The Balaban J connectivity index is 0.00000484. The highest BCUT2D eigenvalue weighted by Gasteiger charge is 2.19. The van der Waals surface area contributed by atoms with Crippen molar-refractivity contribution in [3.63, 3.8) is 0 Å². The molecule has 1 aliphatic heterocycles. The van der Waals surface area contributed by atoms with Crippen LogP contribution in [0.1, 0.15) is 42.0 Å². The minimum absolute atomic E-state index is 0. The number of nitrogens with zero attached hydrogens (tertiary/aromatic N) is 1. The highest BCUT2D eigenvalue weighted by molar-refractivity contribution is 4.94. The molecule has 0 aromatic rings. The van der Waals surface area contributed by atoms with Crippen LogP contribution in [-0.4, -0.2) is 63.5 Å². The van der Waals surface area contributed by atoms with Crippen molar-refractivity contribution in [2.45, 2.75) is 46.6 Å². The van der Waals surface area contributed by atoms with Gasteiger partial charge < -0.3 is 14.8 Å². The first-order chi connectivity index (χ1) is 10.6. The van der Waals surface area contributed by atoms with Gasteiger partial charge in [0.1, 0.15) is 0 Å². The van der Waals surface area contributed by atoms with E-state index in [1.54, 1.807) is 0 Å². The third kappa shape index (κ3) is 9.57. The minimum Gasteiger partial charge on any atom is -0.380 e. The first-order valence-electron chi connectivity index (χ1n) is 8.86. The Morgan fingerprint density at radius 3 is 3.00 bits per heavy atom. The Labute approximate surface area is 138 Å². The molecule has 22 heavy (non-hydrogen) atoms. The van der Waals surface area contributed by atoms with Crippen LogP contribution in [0, 0.1) is 5.92 Å². The summed E-state index contributed by atoms with van der Waals surface area (Å²) in [4.78, 5) is 2.46. The van der Waals surface area contributed by atoms with E-state index in [1.165, 1.54) is 5.57 Å². The van der Waals surface area contributed by atoms with Crippen molar-refractivity contribution < 1.29 is 10.9 Å². The second-order valence-electron chi connectivity index (χ2n) is 6.70. The van der Waals surface area contributed by atoms with Gasteiger partial charge in [-0.2, -0.15) is 0 Å². The second kappa shape index (κ2) is 12.1. The van der Waals surface area contributed by atoms with Crippen molar-refractivity contribution in [1.29, 1.82) is 0 Å². The molecule has 1 rings (SSSR count). The standard InChI is InChI=1S/C18H36N2O2.H2/c1-5-17(4)7-6-10-21-11-8-20-9-12-22-18(15-20)14-19-13-16(2)3;/h5,16,18-19H,6-15H2,1-4H3;1H. The predicted molar refractivity (Wildman–Crippen MR) is 95.5 cm³/mol. The first-order valence-corrected chi connectivity index (χ1v) is 8.86. The molecule has 0 spiro atoms. The van der Waals surface area contributed by atoms with Crippen LogP contribution < -0.4 is 5.32 Å². The molecule has 0 bridgehead atoms. The molecule has 0 saturated carbocycles. The normalized spacial score (nSPS) is 20.8. The lowest BCUT2D eigenvalue weighted by atomic mass is 10.2. The van der Waals surface area contributed by atoms with Crippen molar-refractivity contribution in [3.8, 4) is 0 Å². The van der Waals surface area contributed by atoms with Crippen molar-refractivity contribution in [1.82, 2.24) is 10.2 Å². The van der Waals surface area contributed by atoms with Gasteiger partial charge in [0, 0.05) is 34.2 Å². The lowest BCUT2D eigenvalue weighted by Crippen LogP contribution is -2.47. The van der Waals surface area contributed by atoms with Crippen LogP contribution in [0.5, 0.6) is 0 Å². The Morgan fingerprint density at radius 1 is 1.45 bits per heavy atom. The zero-order chi connectivity index (χ0) is 16.2. The summed E-state index contributed by atoms with van der Waals surface area (Å²) < 4.78 is 11.6. The maximum Gasteiger partial charge on any atom is 0.0826 e. The van der Waals surface area contributed by atoms with Gasteiger partial charge in [0.25, 0.3) is 0 Å². The molecular formula is C18H38N2O2. The predicted octanol–water partition coefficient (Wildman–Crippen LogP) is 2.94. The highest BCUT2D eigenvalue weighted by Crippen LogP contribution is 2.06. The summed E-state index contributed by atoms with van der Waals surface area (Å²) in [6, 6.07) is 0. The van der Waals surface area contributed by atoms with E-state index in [0.717, 1.165) is 65.4 Å². The monoisotopic (exact) mass is 314 g/mol. The van der Waals surface area contributed by atoms with Gasteiger partial charge in [-0.25, -0.2) is 0 Å². The molecule has 1 atom stereocenters. The van der Waals surface area contributed by atoms with Crippen molar-refractivity contribution in [2.24, 2.45) is 5.92 Å². The van der Waals surface area contributed by atoms with E-state index in [-0.39, 0.29) is 1.43 Å². The van der Waals surface area contributed by atoms with Crippen LogP contribution in [0.3, 0.4) is 0 Å². The maximum atomic E-state index is 5.82. The highest BCUT2D eigenvalue weighted by atomic mass is 16.5. The van der Waals surface area contributed by atoms with Crippen LogP contribution in [0.25, 0.3) is 0 Å². The third-order valence-corrected chi connectivity index (χ3v) is 4.05. The average molecular weight is 315 g/mol. The number of allylic oxidation sites excluding steroid dienone is 2. The molecule has 0 amide bonds. The largest absolute Gasteiger partial charge is 0.380 e. The molecule has 1 heterocycles. The van der Waals surface area contributed by atoms with E-state index < -0.39 is 0 Å². The zero-order valence-electron chi connectivity index (χ0n) is 15.1. The van der Waals surface area contributed by atoms with Gasteiger partial charge >= 0.3 is 0 Å². The maximum absolute atomic E-state index is 5.82. The smallest absolute Gasteiger partial charge is 0.0826 e. The van der Waals surface area contributed by atoms with Gasteiger partial charge in [-0.05, 0) is 39.2 Å². The number of rotatable bonds is 11. The van der Waals surface area contributed by atoms with Crippen LogP contribution in [0.15, 0.2) is 11.6 Å². The Bertz CT molecular complexity index is 311. The summed E-state index contributed by atoms with van der Waals surface area (Å²) in [5, 5.41) is 3.49. The zero-order valence-corrected chi connectivity index (χ0v) is 15.1. The molecule has 1 N–H and O–H groups in total. The lowest BCUT2D eigenvalue weighted by molar-refractivity contribution is -0.0350. The van der Waals surface area contributed by atoms with Gasteiger partial charge in [-0.3, -0.25) is 4.90 Å². The molecule has 0 aromatic heterocycles. The van der Waals surface area contributed by atoms with E-state index in [2.05, 4.69) is 44.0 Å². The SMILES string of the molecule is CC=C(C)CCCOCCN1CCOC(CNCC(C)C)C1.[HH]. The lowest BCUT2D eigenvalue weighted by Gasteiger charge is -2.33. The molecule has 1 aliphatic rings. The molecule has 0 radical (unpaired) electrons. The van der Waals surface area contributed by atoms with Gasteiger partial charge in [0.05, 0.1) is 19.3 Å². The number of morpholine rings is 1. The number of hydrogen-bond acceptors (Lipinski definition) is 4. The Morgan fingerprint density at radius 2 is 2.27 bits per heavy atom. The first kappa shape index (κ1) is 19.6. The summed E-state index contributed by atoms with van der Waals surface area (Å²) in [6.07, 6.45) is 4.78. The number of nitrogens with one attached hydrogen (secondary N) is 1. The summed E-state index contributed by atoms with van der Waals surface area (Å²) in [7, 11) is 0. The topological polar surface area (TPSA) is 33.7 Å². The fourth-order valence-electron chi connectivity index (χ4n) is 2.53. The molecule has 4 heteroatoms. The van der Waals surface area contributed by atoms with Gasteiger partial charge in [-0.1, -0.05) is 25.5 Å². The Kier molecular flexibility index (Phi) is 10.8. The molecule has 1 saturated heterocycles. The van der Waals surface area contributed by atoms with E-state index in [0.29, 0.717) is 12.0 Å². The van der Waals surface area contributed by atoms with Crippen molar-refractivity contribution >= 4 is 0 Å². The summed E-state index contributed by atoms with van der Waals surface area (Å²) in [5.74, 6) is 0.694. The van der Waals surface area contributed by atoms with Crippen molar-refractivity contribution in [2.75, 3.05) is 52.5 Å². The molecule has 0 aromatic carbocycles. The fraction of sp³-hybridized carbons (Fsp3) is 0.889. The molecule has 1 fully saturated rings. The molecule has 132 valence electrons. The van der Waals surface area contributed by atoms with E-state index in [1.807, 2.05) is 0 Å². The molecule has 4 nitrogen and oxygen atoms in total. The molecule has 0 aliphatic carbocycles. The third-order valence-electron chi connectivity index (χ3n) is 4.05. The molecular weight excluding hydrogens is 276 g/mol. The fourth-order valence-corrected chi connectivity index (χ4v) is 2.53. The number of ether oxygens (including phenoxy) is 2. The van der Waals surface area contributed by atoms with Gasteiger partial charge in [-0.15, -0.1) is 0 Å². The second-order valence-corrected chi connectivity index (χ2v) is 6.70. The molecule has 1 unspecified atom stereocenters. The van der Waals surface area contributed by atoms with E-state index in [9.17, 15) is 0 Å². The quantitative estimate of drug-likeness (QED) is 0.470. The van der Waals surface area contributed by atoms with Crippen molar-refractivity contribution in [3.05, 3.63) is 11.6 Å². The number of hydrogen-bond donors (Lipinski definition) is 1. The summed E-state index contributed by atoms with van der Waals surface area (Å²) >= 11 is 0. The van der Waals surface area contributed by atoms with E-state index in [4.69, 9.17) is 9.47 Å². The summed E-state index contributed by atoms with van der Waals surface area (Å²) in [6.45, 7) is 16.4. The summed E-state index contributed by atoms with van der Waals surface area (Å²) in [5.41, 5.74) is 1.45. The van der Waals surface area contributed by atoms with Crippen LogP contribution >= 0.6 is 0 Å². The average Bonchev–Trinajstić information content (AvgIpc) is 2.50. The van der Waals surface area contributed by atoms with Gasteiger partial charge in [0.2, 0.25) is 0 Å². The van der Waals surface area contributed by atoms with E-state index >= 15 is 0 Å². The van der Waals surface area contributed by atoms with Crippen LogP contribution in [0.4, 0.5) is 0 Å².